The van der Waals surface area contributed by atoms with Crippen molar-refractivity contribution in [1.29, 1.82) is 0 Å². The molecule has 2 aromatic rings. The Morgan fingerprint density at radius 1 is 1.14 bits per heavy atom. The Labute approximate surface area is 124 Å². The van der Waals surface area contributed by atoms with E-state index in [-0.39, 0.29) is 27.5 Å². The summed E-state index contributed by atoms with van der Waals surface area (Å²) in [7, 11) is 0. The molecular weight excluding hydrogens is 299 g/mol. The quantitative estimate of drug-likeness (QED) is 0.760. The van der Waals surface area contributed by atoms with Gasteiger partial charge in [-0.3, -0.25) is 4.79 Å². The number of halogens is 2. The van der Waals surface area contributed by atoms with Crippen molar-refractivity contribution in [1.82, 2.24) is 0 Å². The van der Waals surface area contributed by atoms with Gasteiger partial charge in [0.15, 0.2) is 0 Å². The maximum Gasteiger partial charge on any atom is 0.337 e. The van der Waals surface area contributed by atoms with E-state index in [9.17, 15) is 14.0 Å². The molecule has 0 aromatic heterocycles. The molecule has 0 aliphatic carbocycles. The third-order valence-electron chi connectivity index (χ3n) is 2.70. The van der Waals surface area contributed by atoms with Crippen LogP contribution in [0.4, 0.5) is 15.8 Å². The number of benzene rings is 2. The third kappa shape index (κ3) is 3.29. The highest BCUT2D eigenvalue weighted by Gasteiger charge is 2.16. The maximum absolute atomic E-state index is 13.6. The summed E-state index contributed by atoms with van der Waals surface area (Å²) in [6.45, 7) is 0. The van der Waals surface area contributed by atoms with Crippen molar-refractivity contribution in [3.63, 3.8) is 0 Å². The average molecular weight is 309 g/mol. The lowest BCUT2D eigenvalue weighted by Crippen LogP contribution is -2.16. The van der Waals surface area contributed by atoms with E-state index >= 15 is 0 Å². The third-order valence-corrected chi connectivity index (χ3v) is 2.93. The van der Waals surface area contributed by atoms with Gasteiger partial charge in [-0.2, -0.15) is 0 Å². The van der Waals surface area contributed by atoms with Crippen LogP contribution in [0.1, 0.15) is 20.7 Å². The van der Waals surface area contributed by atoms with Crippen molar-refractivity contribution in [3.05, 3.63) is 58.4 Å². The lowest BCUT2D eigenvalue weighted by molar-refractivity contribution is 0.0698. The van der Waals surface area contributed by atoms with Crippen LogP contribution in [0.5, 0.6) is 0 Å². The van der Waals surface area contributed by atoms with Crippen LogP contribution in [0, 0.1) is 5.82 Å². The van der Waals surface area contributed by atoms with Gasteiger partial charge in [-0.1, -0.05) is 11.6 Å². The first-order valence-electron chi connectivity index (χ1n) is 5.77. The summed E-state index contributed by atoms with van der Waals surface area (Å²) >= 11 is 5.60. The molecule has 0 bridgehead atoms. The van der Waals surface area contributed by atoms with E-state index in [1.165, 1.54) is 30.3 Å². The Bertz CT molecular complexity index is 734. The summed E-state index contributed by atoms with van der Waals surface area (Å²) in [5, 5.41) is 11.6. The minimum atomic E-state index is -1.26. The van der Waals surface area contributed by atoms with E-state index in [0.29, 0.717) is 0 Å². The Hall–Kier alpha value is -2.60. The van der Waals surface area contributed by atoms with Crippen molar-refractivity contribution >= 4 is 34.9 Å². The number of carbonyl (C=O) groups is 2. The standard InChI is InChI=1S/C14H10ClFN2O3/c15-7-1-3-9(11(16)5-7)13(19)18-12-4-2-8(17)6-10(12)14(20)21/h1-6H,17H2,(H,18,19)(H,20,21). The number of amides is 1. The smallest absolute Gasteiger partial charge is 0.337 e. The van der Waals surface area contributed by atoms with Gasteiger partial charge in [-0.15, -0.1) is 0 Å². The fourth-order valence-corrected chi connectivity index (χ4v) is 1.87. The van der Waals surface area contributed by atoms with Crippen LogP contribution in [-0.4, -0.2) is 17.0 Å². The Balaban J connectivity index is 2.34. The highest BCUT2D eigenvalue weighted by atomic mass is 35.5. The summed E-state index contributed by atoms with van der Waals surface area (Å²) in [4.78, 5) is 23.1. The maximum atomic E-state index is 13.6. The van der Waals surface area contributed by atoms with Crippen LogP contribution in [-0.2, 0) is 0 Å². The number of carboxylic acids is 1. The van der Waals surface area contributed by atoms with E-state index < -0.39 is 17.7 Å². The van der Waals surface area contributed by atoms with Crippen LogP contribution in [0.2, 0.25) is 5.02 Å². The van der Waals surface area contributed by atoms with Gasteiger partial charge in [-0.05, 0) is 36.4 Å². The molecule has 0 fully saturated rings. The molecule has 0 heterocycles. The van der Waals surface area contributed by atoms with Gasteiger partial charge in [0.05, 0.1) is 16.8 Å². The van der Waals surface area contributed by atoms with Crippen LogP contribution in [0.25, 0.3) is 0 Å². The first kappa shape index (κ1) is 14.8. The molecule has 2 rings (SSSR count). The molecule has 1 amide bonds. The van der Waals surface area contributed by atoms with E-state index in [0.717, 1.165) is 6.07 Å². The second-order valence-electron chi connectivity index (χ2n) is 4.19. The van der Waals surface area contributed by atoms with Crippen molar-refractivity contribution in [2.24, 2.45) is 0 Å². The number of carbonyl (C=O) groups excluding carboxylic acids is 1. The number of hydrogen-bond donors (Lipinski definition) is 3. The fraction of sp³-hybridized carbons (Fsp3) is 0. The zero-order chi connectivity index (χ0) is 15.6. The topological polar surface area (TPSA) is 92.4 Å². The van der Waals surface area contributed by atoms with E-state index in [4.69, 9.17) is 22.4 Å². The summed E-state index contributed by atoms with van der Waals surface area (Å²) in [5.41, 5.74) is 5.33. The summed E-state index contributed by atoms with van der Waals surface area (Å²) < 4.78 is 13.6. The van der Waals surface area contributed by atoms with Gasteiger partial charge < -0.3 is 16.2 Å². The first-order valence-corrected chi connectivity index (χ1v) is 6.15. The number of nitrogens with one attached hydrogen (secondary N) is 1. The highest BCUT2D eigenvalue weighted by molar-refractivity contribution is 6.30. The molecule has 0 saturated heterocycles. The minimum absolute atomic E-state index is 0.0241. The number of nitrogen functional groups attached to an aromatic ring is 1. The second kappa shape index (κ2) is 5.80. The van der Waals surface area contributed by atoms with E-state index in [2.05, 4.69) is 5.32 Å². The summed E-state index contributed by atoms with van der Waals surface area (Å²) in [5.74, 6) is -2.84. The Kier molecular flexibility index (Phi) is 4.09. The normalized spacial score (nSPS) is 10.2. The Morgan fingerprint density at radius 2 is 1.86 bits per heavy atom. The zero-order valence-corrected chi connectivity index (χ0v) is 11.3. The largest absolute Gasteiger partial charge is 0.478 e. The zero-order valence-electron chi connectivity index (χ0n) is 10.6. The first-order chi connectivity index (χ1) is 9.88. The van der Waals surface area contributed by atoms with Gasteiger partial charge in [0, 0.05) is 10.7 Å². The molecule has 0 atom stereocenters. The van der Waals surface area contributed by atoms with Crippen molar-refractivity contribution in [2.75, 3.05) is 11.1 Å². The molecule has 0 unspecified atom stereocenters. The summed E-state index contributed by atoms with van der Waals surface area (Å²) in [6, 6.07) is 7.55. The van der Waals surface area contributed by atoms with E-state index in [1.807, 2.05) is 0 Å². The molecule has 4 N–H and O–H groups in total. The van der Waals surface area contributed by atoms with Gasteiger partial charge >= 0.3 is 5.97 Å². The average Bonchev–Trinajstić information content (AvgIpc) is 2.40. The fourth-order valence-electron chi connectivity index (χ4n) is 1.71. The van der Waals surface area contributed by atoms with Crippen molar-refractivity contribution < 1.29 is 19.1 Å². The van der Waals surface area contributed by atoms with Gasteiger partial charge in [-0.25, -0.2) is 9.18 Å². The molecule has 21 heavy (non-hydrogen) atoms. The molecule has 7 heteroatoms. The molecule has 0 radical (unpaired) electrons. The summed E-state index contributed by atoms with van der Waals surface area (Å²) in [6.07, 6.45) is 0. The lowest BCUT2D eigenvalue weighted by atomic mass is 10.1. The van der Waals surface area contributed by atoms with Gasteiger partial charge in [0.25, 0.3) is 5.91 Å². The molecular formula is C14H10ClFN2O3. The van der Waals surface area contributed by atoms with E-state index in [1.54, 1.807) is 0 Å². The molecule has 0 spiro atoms. The Morgan fingerprint density at radius 3 is 2.48 bits per heavy atom. The lowest BCUT2D eigenvalue weighted by Gasteiger charge is -2.10. The van der Waals surface area contributed by atoms with Crippen LogP contribution in [0.3, 0.4) is 0 Å². The highest BCUT2D eigenvalue weighted by Crippen LogP contribution is 2.21. The number of hydrogen-bond acceptors (Lipinski definition) is 3. The van der Waals surface area contributed by atoms with Crippen molar-refractivity contribution in [2.45, 2.75) is 0 Å². The number of rotatable bonds is 3. The van der Waals surface area contributed by atoms with Crippen LogP contribution >= 0.6 is 11.6 Å². The molecule has 0 aliphatic heterocycles. The number of anilines is 2. The predicted octanol–water partition coefficient (Wildman–Crippen LogP) is 3.01. The van der Waals surface area contributed by atoms with Gasteiger partial charge in [0.1, 0.15) is 5.82 Å². The van der Waals surface area contributed by atoms with Crippen LogP contribution < -0.4 is 11.1 Å². The molecule has 2 aromatic carbocycles. The number of carboxylic acid groups (broad SMARTS) is 1. The molecule has 108 valence electrons. The molecule has 0 aliphatic rings. The van der Waals surface area contributed by atoms with Gasteiger partial charge in [0.2, 0.25) is 0 Å². The second-order valence-corrected chi connectivity index (χ2v) is 4.62. The SMILES string of the molecule is Nc1ccc(NC(=O)c2ccc(Cl)cc2F)c(C(=O)O)c1. The predicted molar refractivity (Wildman–Crippen MR) is 77.2 cm³/mol. The molecule has 0 saturated carbocycles. The number of aromatic carboxylic acids is 1. The van der Waals surface area contributed by atoms with Crippen LogP contribution in [0.15, 0.2) is 36.4 Å². The minimum Gasteiger partial charge on any atom is -0.478 e. The molecule has 5 nitrogen and oxygen atoms in total. The monoisotopic (exact) mass is 308 g/mol. The van der Waals surface area contributed by atoms with Crippen molar-refractivity contribution in [3.8, 4) is 0 Å². The number of nitrogens with two attached hydrogens (primary N) is 1.